The van der Waals surface area contributed by atoms with Crippen molar-refractivity contribution in [2.24, 2.45) is 0 Å². The largest absolute Gasteiger partial charge is 0.396 e. The molecular formula is C10H18N4O2. The molecule has 0 unspecified atom stereocenters. The van der Waals surface area contributed by atoms with E-state index >= 15 is 0 Å². The average Bonchev–Trinajstić information content (AvgIpc) is 2.63. The third-order valence-corrected chi connectivity index (χ3v) is 2.06. The molecular weight excluding hydrogens is 208 g/mol. The maximum atomic E-state index is 11.4. The van der Waals surface area contributed by atoms with Gasteiger partial charge in [0.15, 0.2) is 0 Å². The van der Waals surface area contributed by atoms with Gasteiger partial charge in [-0.25, -0.2) is 0 Å². The lowest BCUT2D eigenvalue weighted by atomic mass is 10.3. The molecule has 0 bridgehead atoms. The fraction of sp³-hybridized carbons (Fsp3) is 0.600. The van der Waals surface area contributed by atoms with Crippen LogP contribution in [0, 0.1) is 0 Å². The van der Waals surface area contributed by atoms with Crippen LogP contribution < -0.4 is 11.1 Å². The Kier molecular flexibility index (Phi) is 5.35. The molecule has 0 saturated heterocycles. The van der Waals surface area contributed by atoms with Gasteiger partial charge in [-0.15, -0.1) is 0 Å². The molecule has 1 aromatic heterocycles. The molecule has 90 valence electrons. The van der Waals surface area contributed by atoms with Crippen LogP contribution in [0.1, 0.15) is 12.8 Å². The number of nitrogen functional groups attached to an aromatic ring is 1. The first kappa shape index (κ1) is 12.5. The van der Waals surface area contributed by atoms with E-state index in [2.05, 4.69) is 10.4 Å². The molecule has 0 saturated carbocycles. The summed E-state index contributed by atoms with van der Waals surface area (Å²) in [6.45, 7) is 1.60. The van der Waals surface area contributed by atoms with Crippen molar-refractivity contribution >= 4 is 11.6 Å². The number of anilines is 1. The number of methoxy groups -OCH3 is 1. The Balaban J connectivity index is 2.11. The van der Waals surface area contributed by atoms with E-state index in [0.717, 1.165) is 19.4 Å². The van der Waals surface area contributed by atoms with E-state index in [1.54, 1.807) is 13.3 Å². The maximum Gasteiger partial charge on any atom is 0.241 e. The summed E-state index contributed by atoms with van der Waals surface area (Å²) >= 11 is 0. The van der Waals surface area contributed by atoms with Crippen LogP contribution in [0.2, 0.25) is 0 Å². The van der Waals surface area contributed by atoms with Crippen molar-refractivity contribution in [3.8, 4) is 0 Å². The van der Waals surface area contributed by atoms with Gasteiger partial charge in [0.25, 0.3) is 0 Å². The Morgan fingerprint density at radius 3 is 3.06 bits per heavy atom. The molecule has 0 radical (unpaired) electrons. The summed E-state index contributed by atoms with van der Waals surface area (Å²) < 4.78 is 6.42. The predicted molar refractivity (Wildman–Crippen MR) is 60.8 cm³/mol. The molecule has 1 aromatic rings. The van der Waals surface area contributed by atoms with Crippen molar-refractivity contribution in [2.75, 3.05) is 26.0 Å². The summed E-state index contributed by atoms with van der Waals surface area (Å²) in [5, 5.41) is 6.73. The van der Waals surface area contributed by atoms with E-state index in [4.69, 9.17) is 10.5 Å². The smallest absolute Gasteiger partial charge is 0.241 e. The van der Waals surface area contributed by atoms with Crippen molar-refractivity contribution < 1.29 is 9.53 Å². The molecule has 16 heavy (non-hydrogen) atoms. The molecule has 6 nitrogen and oxygen atoms in total. The normalized spacial score (nSPS) is 10.3. The second kappa shape index (κ2) is 6.84. The van der Waals surface area contributed by atoms with Crippen LogP contribution in [0.25, 0.3) is 0 Å². The number of unbranched alkanes of at least 4 members (excludes halogenated alkanes) is 1. The number of amides is 1. The van der Waals surface area contributed by atoms with Gasteiger partial charge in [-0.1, -0.05) is 0 Å². The molecule has 0 aromatic carbocycles. The Morgan fingerprint density at radius 1 is 1.62 bits per heavy atom. The number of hydrogen-bond acceptors (Lipinski definition) is 4. The fourth-order valence-corrected chi connectivity index (χ4v) is 1.27. The van der Waals surface area contributed by atoms with Crippen molar-refractivity contribution in [2.45, 2.75) is 19.4 Å². The van der Waals surface area contributed by atoms with Crippen molar-refractivity contribution in [1.29, 1.82) is 0 Å². The molecule has 6 heteroatoms. The number of nitrogens with two attached hydrogens (primary N) is 1. The van der Waals surface area contributed by atoms with E-state index < -0.39 is 0 Å². The van der Waals surface area contributed by atoms with Crippen LogP contribution in [0.5, 0.6) is 0 Å². The summed E-state index contributed by atoms with van der Waals surface area (Å²) in [5.41, 5.74) is 6.04. The molecule has 0 atom stereocenters. The highest BCUT2D eigenvalue weighted by Gasteiger charge is 2.02. The number of ether oxygens (including phenoxy) is 1. The lowest BCUT2D eigenvalue weighted by Crippen LogP contribution is -2.28. The summed E-state index contributed by atoms with van der Waals surface area (Å²) in [5.74, 6) is -0.0551. The zero-order valence-electron chi connectivity index (χ0n) is 9.48. The van der Waals surface area contributed by atoms with Crippen LogP contribution in [0.4, 0.5) is 5.69 Å². The highest BCUT2D eigenvalue weighted by Crippen LogP contribution is 1.97. The number of rotatable bonds is 7. The molecule has 1 rings (SSSR count). The Morgan fingerprint density at radius 2 is 2.44 bits per heavy atom. The van der Waals surface area contributed by atoms with E-state index in [0.29, 0.717) is 12.2 Å². The Bertz CT molecular complexity index is 324. The maximum absolute atomic E-state index is 11.4. The van der Waals surface area contributed by atoms with E-state index in [-0.39, 0.29) is 12.5 Å². The van der Waals surface area contributed by atoms with Gasteiger partial charge < -0.3 is 15.8 Å². The van der Waals surface area contributed by atoms with Gasteiger partial charge in [-0.2, -0.15) is 5.10 Å². The second-order valence-corrected chi connectivity index (χ2v) is 3.52. The van der Waals surface area contributed by atoms with Gasteiger partial charge >= 0.3 is 0 Å². The quantitative estimate of drug-likeness (QED) is 0.641. The number of nitrogens with zero attached hydrogens (tertiary/aromatic N) is 2. The molecule has 3 N–H and O–H groups in total. The number of carbonyl (C=O) groups is 1. The minimum Gasteiger partial charge on any atom is -0.396 e. The Labute approximate surface area is 94.8 Å². The first-order chi connectivity index (χ1) is 7.72. The lowest BCUT2D eigenvalue weighted by Gasteiger charge is -2.04. The fourth-order valence-electron chi connectivity index (χ4n) is 1.27. The first-order valence-electron chi connectivity index (χ1n) is 5.26. The zero-order chi connectivity index (χ0) is 11.8. The van der Waals surface area contributed by atoms with Crippen molar-refractivity contribution in [1.82, 2.24) is 15.1 Å². The second-order valence-electron chi connectivity index (χ2n) is 3.52. The number of hydrogen-bond donors (Lipinski definition) is 2. The first-order valence-corrected chi connectivity index (χ1v) is 5.26. The molecule has 0 aliphatic rings. The van der Waals surface area contributed by atoms with E-state index in [1.165, 1.54) is 10.9 Å². The number of nitrogens with one attached hydrogen (secondary N) is 1. The molecule has 1 amide bonds. The third kappa shape index (κ3) is 4.79. The molecule has 0 fully saturated rings. The summed E-state index contributed by atoms with van der Waals surface area (Å²) in [6, 6.07) is 0. The van der Waals surface area contributed by atoms with Crippen molar-refractivity contribution in [3.63, 3.8) is 0 Å². The lowest BCUT2D eigenvalue weighted by molar-refractivity contribution is -0.121. The molecule has 0 spiro atoms. The van der Waals surface area contributed by atoms with Crippen LogP contribution in [0.3, 0.4) is 0 Å². The van der Waals surface area contributed by atoms with Crippen LogP contribution in [0.15, 0.2) is 12.4 Å². The summed E-state index contributed by atoms with van der Waals surface area (Å²) in [7, 11) is 1.67. The zero-order valence-corrected chi connectivity index (χ0v) is 9.48. The van der Waals surface area contributed by atoms with Gasteiger partial charge in [0.05, 0.1) is 11.9 Å². The SMILES string of the molecule is COCCCCNC(=O)Cn1cc(N)cn1. The van der Waals surface area contributed by atoms with Gasteiger partial charge in [-0.05, 0) is 12.8 Å². The highest BCUT2D eigenvalue weighted by molar-refractivity contribution is 5.75. The van der Waals surface area contributed by atoms with E-state index in [9.17, 15) is 4.79 Å². The van der Waals surface area contributed by atoms with E-state index in [1.807, 2.05) is 0 Å². The van der Waals surface area contributed by atoms with Gasteiger partial charge in [-0.3, -0.25) is 9.48 Å². The van der Waals surface area contributed by atoms with Crippen LogP contribution in [-0.2, 0) is 16.1 Å². The number of carbonyl (C=O) groups excluding carboxylic acids is 1. The van der Waals surface area contributed by atoms with Crippen LogP contribution >= 0.6 is 0 Å². The van der Waals surface area contributed by atoms with Gasteiger partial charge in [0.2, 0.25) is 5.91 Å². The van der Waals surface area contributed by atoms with Crippen LogP contribution in [-0.4, -0.2) is 35.9 Å². The Hall–Kier alpha value is -1.56. The van der Waals surface area contributed by atoms with Crippen molar-refractivity contribution in [3.05, 3.63) is 12.4 Å². The summed E-state index contributed by atoms with van der Waals surface area (Å²) in [6.07, 6.45) is 5.02. The van der Waals surface area contributed by atoms with Gasteiger partial charge in [0, 0.05) is 26.5 Å². The molecule has 1 heterocycles. The topological polar surface area (TPSA) is 82.2 Å². The van der Waals surface area contributed by atoms with Gasteiger partial charge in [0.1, 0.15) is 6.54 Å². The third-order valence-electron chi connectivity index (χ3n) is 2.06. The minimum absolute atomic E-state index is 0.0551. The monoisotopic (exact) mass is 226 g/mol. The summed E-state index contributed by atoms with van der Waals surface area (Å²) in [4.78, 5) is 11.4. The standard InChI is InChI=1S/C10H18N4O2/c1-16-5-3-2-4-12-10(15)8-14-7-9(11)6-13-14/h6-7H,2-5,8,11H2,1H3,(H,12,15). The molecule has 0 aliphatic heterocycles. The predicted octanol–water partition coefficient (Wildman–Crippen LogP) is 0.00810. The molecule has 0 aliphatic carbocycles. The average molecular weight is 226 g/mol. The number of aromatic nitrogens is 2. The highest BCUT2D eigenvalue weighted by atomic mass is 16.5. The minimum atomic E-state index is -0.0551.